The Hall–Kier alpha value is -3.84. The molecule has 168 valence electrons. The van der Waals surface area contributed by atoms with Gasteiger partial charge in [-0.3, -0.25) is 4.40 Å². The summed E-state index contributed by atoms with van der Waals surface area (Å²) >= 11 is 0. The summed E-state index contributed by atoms with van der Waals surface area (Å²) in [6.45, 7) is 3.44. The molecular formula is C26H26N4O3. The molecule has 7 heteroatoms. The number of pyridine rings is 1. The number of amides is 2. The van der Waals surface area contributed by atoms with Gasteiger partial charge in [-0.05, 0) is 48.9 Å². The van der Waals surface area contributed by atoms with E-state index in [-0.39, 0.29) is 12.1 Å². The highest BCUT2D eigenvalue weighted by atomic mass is 16.5. The van der Waals surface area contributed by atoms with Crippen LogP contribution in [-0.4, -0.2) is 47.1 Å². The summed E-state index contributed by atoms with van der Waals surface area (Å²) in [5.74, 6) is 0.802. The number of benzene rings is 2. The molecule has 1 saturated heterocycles. The highest BCUT2D eigenvalue weighted by molar-refractivity contribution is 5.89. The van der Waals surface area contributed by atoms with Crippen molar-refractivity contribution in [1.82, 2.24) is 14.3 Å². The summed E-state index contributed by atoms with van der Waals surface area (Å²) in [5, 5.41) is 2.99. The number of hydrogen-bond donors (Lipinski definition) is 1. The van der Waals surface area contributed by atoms with Crippen molar-refractivity contribution in [2.75, 3.05) is 32.1 Å². The second kappa shape index (κ2) is 8.96. The van der Waals surface area contributed by atoms with Crippen molar-refractivity contribution in [3.63, 3.8) is 0 Å². The van der Waals surface area contributed by atoms with Gasteiger partial charge < -0.3 is 19.7 Å². The number of ether oxygens (including phenoxy) is 2. The van der Waals surface area contributed by atoms with Gasteiger partial charge in [0.1, 0.15) is 18.2 Å². The lowest BCUT2D eigenvalue weighted by molar-refractivity contribution is -0.0147. The van der Waals surface area contributed by atoms with Crippen LogP contribution >= 0.6 is 0 Å². The molecule has 2 aromatic carbocycles. The molecule has 1 aliphatic heterocycles. The fourth-order valence-electron chi connectivity index (χ4n) is 4.23. The minimum Gasteiger partial charge on any atom is -0.497 e. The lowest BCUT2D eigenvalue weighted by Crippen LogP contribution is -2.44. The molecule has 1 fully saturated rings. The van der Waals surface area contributed by atoms with Crippen molar-refractivity contribution in [2.45, 2.75) is 13.0 Å². The topological polar surface area (TPSA) is 68.1 Å². The number of morpholine rings is 1. The van der Waals surface area contributed by atoms with Gasteiger partial charge in [-0.15, -0.1) is 0 Å². The second-order valence-electron chi connectivity index (χ2n) is 8.13. The van der Waals surface area contributed by atoms with Crippen LogP contribution in [0, 0.1) is 6.92 Å². The third-order valence-corrected chi connectivity index (χ3v) is 5.90. The Labute approximate surface area is 192 Å². The van der Waals surface area contributed by atoms with Gasteiger partial charge in [-0.25, -0.2) is 9.78 Å². The molecule has 5 rings (SSSR count). The minimum atomic E-state index is -0.299. The molecule has 0 aliphatic carbocycles. The van der Waals surface area contributed by atoms with E-state index in [4.69, 9.17) is 9.47 Å². The van der Waals surface area contributed by atoms with Gasteiger partial charge >= 0.3 is 6.03 Å². The van der Waals surface area contributed by atoms with Crippen LogP contribution < -0.4 is 10.1 Å². The van der Waals surface area contributed by atoms with Gasteiger partial charge in [0.15, 0.2) is 0 Å². The number of hydrogen-bond acceptors (Lipinski definition) is 4. The molecule has 1 atom stereocenters. The van der Waals surface area contributed by atoms with E-state index in [0.29, 0.717) is 19.7 Å². The number of carbonyl (C=O) groups excluding carboxylic acids is 1. The second-order valence-corrected chi connectivity index (χ2v) is 8.13. The van der Waals surface area contributed by atoms with E-state index >= 15 is 0 Å². The summed E-state index contributed by atoms with van der Waals surface area (Å²) in [7, 11) is 1.66. The van der Waals surface area contributed by atoms with Gasteiger partial charge in [0.25, 0.3) is 0 Å². The van der Waals surface area contributed by atoms with Crippen molar-refractivity contribution in [2.24, 2.45) is 0 Å². The number of nitrogens with zero attached hydrogens (tertiary/aromatic N) is 3. The number of carbonyl (C=O) groups is 1. The Morgan fingerprint density at radius 3 is 2.82 bits per heavy atom. The number of anilines is 1. The fraction of sp³-hybridized carbons (Fsp3) is 0.231. The van der Waals surface area contributed by atoms with E-state index < -0.39 is 0 Å². The number of rotatable bonds is 4. The predicted octanol–water partition coefficient (Wildman–Crippen LogP) is 4.92. The molecule has 1 unspecified atom stereocenters. The van der Waals surface area contributed by atoms with Gasteiger partial charge in [0, 0.05) is 17.8 Å². The highest BCUT2D eigenvalue weighted by Gasteiger charge is 2.28. The molecular weight excluding hydrogens is 416 g/mol. The van der Waals surface area contributed by atoms with E-state index in [9.17, 15) is 4.79 Å². The normalized spacial score (nSPS) is 16.1. The maximum Gasteiger partial charge on any atom is 0.322 e. The standard InChI is InChI=1S/C26H26N4O3/c1-18-6-3-8-20(14-18)28-26(31)29-12-13-33-24(16-29)25-23-11-5-10-22(30(23)17-27-25)19-7-4-9-21(15-19)32-2/h3-11,14-15,17,24H,12-13,16H2,1-2H3,(H,28,31). The highest BCUT2D eigenvalue weighted by Crippen LogP contribution is 2.30. The summed E-state index contributed by atoms with van der Waals surface area (Å²) < 4.78 is 13.5. The molecule has 7 nitrogen and oxygen atoms in total. The third-order valence-electron chi connectivity index (χ3n) is 5.90. The molecule has 1 N–H and O–H groups in total. The van der Waals surface area contributed by atoms with Crippen molar-refractivity contribution < 1.29 is 14.3 Å². The van der Waals surface area contributed by atoms with Gasteiger partial charge in [-0.1, -0.05) is 30.3 Å². The summed E-state index contributed by atoms with van der Waals surface area (Å²) in [4.78, 5) is 19.3. The number of aromatic nitrogens is 2. The zero-order chi connectivity index (χ0) is 22.8. The first-order valence-electron chi connectivity index (χ1n) is 11.0. The molecule has 4 aromatic rings. The molecule has 0 radical (unpaired) electrons. The largest absolute Gasteiger partial charge is 0.497 e. The van der Waals surface area contributed by atoms with E-state index in [1.54, 1.807) is 12.0 Å². The average molecular weight is 443 g/mol. The number of imidazole rings is 1. The van der Waals surface area contributed by atoms with Crippen molar-refractivity contribution >= 4 is 17.2 Å². The average Bonchev–Trinajstić information content (AvgIpc) is 3.28. The van der Waals surface area contributed by atoms with Gasteiger partial charge in [0.05, 0.1) is 37.2 Å². The van der Waals surface area contributed by atoms with Gasteiger partial charge in [-0.2, -0.15) is 0 Å². The number of nitrogens with one attached hydrogen (secondary N) is 1. The van der Waals surface area contributed by atoms with Crippen LogP contribution in [0.25, 0.3) is 16.8 Å². The molecule has 0 saturated carbocycles. The van der Waals surface area contributed by atoms with Gasteiger partial charge in [0.2, 0.25) is 0 Å². The molecule has 0 bridgehead atoms. The van der Waals surface area contributed by atoms with Crippen LogP contribution in [0.5, 0.6) is 5.75 Å². The zero-order valence-corrected chi connectivity index (χ0v) is 18.7. The van der Waals surface area contributed by atoms with Crippen molar-refractivity contribution in [1.29, 1.82) is 0 Å². The number of fused-ring (bicyclic) bond motifs is 1. The maximum absolute atomic E-state index is 12.9. The lowest BCUT2D eigenvalue weighted by Gasteiger charge is -2.32. The van der Waals surface area contributed by atoms with E-state index in [0.717, 1.165) is 39.5 Å². The quantitative estimate of drug-likeness (QED) is 0.487. The lowest BCUT2D eigenvalue weighted by atomic mass is 10.1. The van der Waals surface area contributed by atoms with Crippen LogP contribution in [0.3, 0.4) is 0 Å². The Morgan fingerprint density at radius 1 is 1.12 bits per heavy atom. The minimum absolute atomic E-state index is 0.130. The number of methoxy groups -OCH3 is 1. The first-order chi connectivity index (χ1) is 16.1. The maximum atomic E-state index is 12.9. The number of urea groups is 1. The van der Waals surface area contributed by atoms with E-state index in [1.807, 2.05) is 73.9 Å². The molecule has 2 aromatic heterocycles. The summed E-state index contributed by atoms with van der Waals surface area (Å²) in [6.07, 6.45) is 1.52. The first kappa shape index (κ1) is 21.0. The molecule has 33 heavy (non-hydrogen) atoms. The molecule has 2 amide bonds. The summed E-state index contributed by atoms with van der Waals surface area (Å²) in [5.41, 5.74) is 5.72. The summed E-state index contributed by atoms with van der Waals surface area (Å²) in [6, 6.07) is 21.7. The van der Waals surface area contributed by atoms with Crippen molar-refractivity contribution in [3.05, 3.63) is 84.3 Å². The Morgan fingerprint density at radius 2 is 1.97 bits per heavy atom. The van der Waals surface area contributed by atoms with E-state index in [2.05, 4.69) is 20.8 Å². The molecule has 0 spiro atoms. The van der Waals surface area contributed by atoms with Crippen LogP contribution in [0.1, 0.15) is 17.4 Å². The SMILES string of the molecule is COc1cccc(-c2cccc3c(C4CN(C(=O)Nc5cccc(C)c5)CCO4)ncn23)c1. The fourth-order valence-corrected chi connectivity index (χ4v) is 4.23. The number of aryl methyl sites for hydroxylation is 1. The van der Waals surface area contributed by atoms with E-state index in [1.165, 1.54) is 0 Å². The Balaban J connectivity index is 1.39. The monoisotopic (exact) mass is 442 g/mol. The Bertz CT molecular complexity index is 1300. The van der Waals surface area contributed by atoms with Crippen LogP contribution in [0.4, 0.5) is 10.5 Å². The third kappa shape index (κ3) is 4.27. The zero-order valence-electron chi connectivity index (χ0n) is 18.7. The van der Waals surface area contributed by atoms with Crippen molar-refractivity contribution in [3.8, 4) is 17.0 Å². The van der Waals surface area contributed by atoms with Crippen LogP contribution in [-0.2, 0) is 4.74 Å². The predicted molar refractivity (Wildman–Crippen MR) is 128 cm³/mol. The van der Waals surface area contributed by atoms with Crippen LogP contribution in [0.2, 0.25) is 0 Å². The molecule has 1 aliphatic rings. The van der Waals surface area contributed by atoms with Crippen LogP contribution in [0.15, 0.2) is 73.1 Å². The smallest absolute Gasteiger partial charge is 0.322 e. The molecule has 3 heterocycles. The first-order valence-corrected chi connectivity index (χ1v) is 11.0. The Kier molecular flexibility index (Phi) is 5.71.